The first-order chi connectivity index (χ1) is 15.1. The summed E-state index contributed by atoms with van der Waals surface area (Å²) in [5, 5.41) is 17.6. The van der Waals surface area contributed by atoms with Crippen LogP contribution in [0.25, 0.3) is 5.69 Å². The van der Waals surface area contributed by atoms with Crippen molar-refractivity contribution in [2.75, 3.05) is 16.8 Å². The van der Waals surface area contributed by atoms with E-state index in [-0.39, 0.29) is 5.82 Å². The number of halogens is 2. The number of nitriles is 1. The first-order valence-corrected chi connectivity index (χ1v) is 9.97. The molecule has 0 amide bonds. The van der Waals surface area contributed by atoms with E-state index in [4.69, 9.17) is 11.6 Å². The second kappa shape index (κ2) is 7.74. The molecule has 0 saturated heterocycles. The zero-order chi connectivity index (χ0) is 21.4. The van der Waals surface area contributed by atoms with Gasteiger partial charge in [-0.25, -0.2) is 14.1 Å². The summed E-state index contributed by atoms with van der Waals surface area (Å²) in [7, 11) is 0. The maximum absolute atomic E-state index is 13.3. The van der Waals surface area contributed by atoms with Gasteiger partial charge in [0.15, 0.2) is 0 Å². The van der Waals surface area contributed by atoms with Gasteiger partial charge in [-0.2, -0.15) is 10.2 Å². The van der Waals surface area contributed by atoms with Crippen LogP contribution in [0.15, 0.2) is 55.0 Å². The molecule has 1 aliphatic heterocycles. The van der Waals surface area contributed by atoms with Gasteiger partial charge in [-0.1, -0.05) is 11.6 Å². The summed E-state index contributed by atoms with van der Waals surface area (Å²) >= 11 is 5.89. The molecule has 10 heteroatoms. The molecule has 5 rings (SSSR count). The molecule has 0 fully saturated rings. The Morgan fingerprint density at radius 1 is 1.13 bits per heavy atom. The third-order valence-corrected chi connectivity index (χ3v) is 5.18. The number of imidazole rings is 1. The lowest BCUT2D eigenvalue weighted by Gasteiger charge is -2.27. The average molecular weight is 435 g/mol. The predicted octanol–water partition coefficient (Wildman–Crippen LogP) is 4.41. The zero-order valence-electron chi connectivity index (χ0n) is 16.2. The highest BCUT2D eigenvalue weighted by Gasteiger charge is 2.23. The van der Waals surface area contributed by atoms with E-state index >= 15 is 0 Å². The quantitative estimate of drug-likeness (QED) is 0.511. The van der Waals surface area contributed by atoms with E-state index in [0.717, 1.165) is 25.2 Å². The van der Waals surface area contributed by atoms with Crippen molar-refractivity contribution in [2.45, 2.75) is 13.0 Å². The monoisotopic (exact) mass is 434 g/mol. The number of rotatable bonds is 4. The number of nitrogens with one attached hydrogen (secondary N) is 1. The smallest absolute Gasteiger partial charge is 0.248 e. The first-order valence-electron chi connectivity index (χ1n) is 9.60. The maximum atomic E-state index is 13.3. The van der Waals surface area contributed by atoms with Gasteiger partial charge in [-0.3, -0.25) is 0 Å². The summed E-state index contributed by atoms with van der Waals surface area (Å²) < 4.78 is 16.8. The SMILES string of the molecule is N#Cc1cc(Nc2nc3n(n2)CCCN3c2ccc(F)cc2)ccc1-n1cnc(Cl)c1. The Labute approximate surface area is 182 Å². The number of benzene rings is 2. The second-order valence-electron chi connectivity index (χ2n) is 7.01. The van der Waals surface area contributed by atoms with E-state index in [2.05, 4.69) is 26.5 Å². The van der Waals surface area contributed by atoms with Crippen molar-refractivity contribution >= 4 is 34.9 Å². The highest BCUT2D eigenvalue weighted by atomic mass is 35.5. The van der Waals surface area contributed by atoms with Gasteiger partial charge in [0.25, 0.3) is 0 Å². The van der Waals surface area contributed by atoms with Crippen LogP contribution < -0.4 is 10.2 Å². The standard InChI is InChI=1S/C21H16ClFN8/c22-19-12-29(13-25-19)18-7-4-16(10-14(18)11-24)26-20-27-21-30(8-1-9-31(21)28-20)17-5-2-15(23)3-6-17/h2-7,10,12-13H,1,8-9H2,(H,26,28). The topological polar surface area (TPSA) is 87.6 Å². The lowest BCUT2D eigenvalue weighted by Crippen LogP contribution is -2.28. The minimum absolute atomic E-state index is 0.278. The number of hydrogen-bond donors (Lipinski definition) is 1. The maximum Gasteiger partial charge on any atom is 0.248 e. The Balaban J connectivity index is 1.42. The van der Waals surface area contributed by atoms with Gasteiger partial charge < -0.3 is 14.8 Å². The van der Waals surface area contributed by atoms with Gasteiger partial charge in [0.05, 0.1) is 11.3 Å². The van der Waals surface area contributed by atoms with Crippen LogP contribution in [0.3, 0.4) is 0 Å². The predicted molar refractivity (Wildman–Crippen MR) is 115 cm³/mol. The van der Waals surface area contributed by atoms with Crippen LogP contribution in [0.5, 0.6) is 0 Å². The van der Waals surface area contributed by atoms with Crippen LogP contribution in [-0.4, -0.2) is 30.9 Å². The lowest BCUT2D eigenvalue weighted by molar-refractivity contribution is 0.539. The molecular formula is C21H16ClFN8. The Morgan fingerprint density at radius 3 is 2.71 bits per heavy atom. The van der Waals surface area contributed by atoms with Crippen molar-refractivity contribution < 1.29 is 4.39 Å². The van der Waals surface area contributed by atoms with E-state index in [9.17, 15) is 9.65 Å². The van der Waals surface area contributed by atoms with E-state index < -0.39 is 0 Å². The van der Waals surface area contributed by atoms with E-state index in [1.165, 1.54) is 12.1 Å². The Morgan fingerprint density at radius 2 is 1.97 bits per heavy atom. The number of anilines is 4. The fourth-order valence-electron chi connectivity index (χ4n) is 3.57. The lowest BCUT2D eigenvalue weighted by atomic mass is 10.1. The Bertz CT molecular complexity index is 1290. The van der Waals surface area contributed by atoms with E-state index in [0.29, 0.717) is 34.0 Å². The molecule has 0 unspecified atom stereocenters. The van der Waals surface area contributed by atoms with Crippen LogP contribution in [-0.2, 0) is 6.54 Å². The van der Waals surface area contributed by atoms with Gasteiger partial charge >= 0.3 is 0 Å². The fraction of sp³-hybridized carbons (Fsp3) is 0.143. The number of aromatic nitrogens is 5. The summed E-state index contributed by atoms with van der Waals surface area (Å²) in [6, 6.07) is 13.9. The largest absolute Gasteiger partial charge is 0.323 e. The van der Waals surface area contributed by atoms with Gasteiger partial charge in [-0.05, 0) is 48.9 Å². The number of hydrogen-bond acceptors (Lipinski definition) is 6. The summed E-state index contributed by atoms with van der Waals surface area (Å²) in [4.78, 5) is 10.6. The van der Waals surface area contributed by atoms with E-state index in [1.54, 1.807) is 41.4 Å². The number of aryl methyl sites for hydroxylation is 1. The average Bonchev–Trinajstić information content (AvgIpc) is 3.39. The molecule has 31 heavy (non-hydrogen) atoms. The minimum atomic E-state index is -0.278. The molecule has 0 atom stereocenters. The minimum Gasteiger partial charge on any atom is -0.323 e. The van der Waals surface area contributed by atoms with Gasteiger partial charge in [0.2, 0.25) is 11.9 Å². The molecule has 2 aromatic carbocycles. The third kappa shape index (κ3) is 3.69. The van der Waals surface area contributed by atoms with Gasteiger partial charge in [0, 0.05) is 30.7 Å². The number of fused-ring (bicyclic) bond motifs is 1. The highest BCUT2D eigenvalue weighted by molar-refractivity contribution is 6.29. The molecule has 0 bridgehead atoms. The molecule has 154 valence electrons. The van der Waals surface area contributed by atoms with Gasteiger partial charge in [0.1, 0.15) is 23.4 Å². The van der Waals surface area contributed by atoms with Crippen LogP contribution in [0.4, 0.5) is 27.7 Å². The molecule has 8 nitrogen and oxygen atoms in total. The highest BCUT2D eigenvalue weighted by Crippen LogP contribution is 2.30. The van der Waals surface area contributed by atoms with Crippen molar-refractivity contribution in [1.82, 2.24) is 24.3 Å². The molecule has 0 saturated carbocycles. The second-order valence-corrected chi connectivity index (χ2v) is 7.40. The van der Waals surface area contributed by atoms with E-state index in [1.807, 2.05) is 15.6 Å². The molecule has 0 spiro atoms. The summed E-state index contributed by atoms with van der Waals surface area (Å²) in [6.45, 7) is 1.51. The molecule has 3 heterocycles. The van der Waals surface area contributed by atoms with Crippen molar-refractivity contribution in [1.29, 1.82) is 5.26 Å². The zero-order valence-corrected chi connectivity index (χ0v) is 17.0. The van der Waals surface area contributed by atoms with Gasteiger partial charge in [-0.15, -0.1) is 5.10 Å². The third-order valence-electron chi connectivity index (χ3n) is 4.99. The van der Waals surface area contributed by atoms with Crippen molar-refractivity contribution in [3.8, 4) is 11.8 Å². The van der Waals surface area contributed by atoms with Crippen LogP contribution in [0.1, 0.15) is 12.0 Å². The molecule has 2 aromatic heterocycles. The summed E-state index contributed by atoms with van der Waals surface area (Å²) in [5.41, 5.74) is 2.67. The van der Waals surface area contributed by atoms with Crippen LogP contribution in [0, 0.1) is 17.1 Å². The van der Waals surface area contributed by atoms with Crippen molar-refractivity contribution in [3.05, 3.63) is 71.5 Å². The van der Waals surface area contributed by atoms with Crippen molar-refractivity contribution in [2.24, 2.45) is 0 Å². The molecule has 4 aromatic rings. The molecule has 0 radical (unpaired) electrons. The molecular weight excluding hydrogens is 419 g/mol. The molecule has 1 N–H and O–H groups in total. The molecule has 1 aliphatic rings. The first kappa shape index (κ1) is 19.1. The fourth-order valence-corrected chi connectivity index (χ4v) is 3.72. The Kier molecular flexibility index (Phi) is 4.76. The van der Waals surface area contributed by atoms with Crippen LogP contribution >= 0.6 is 11.6 Å². The molecule has 0 aliphatic carbocycles. The number of nitrogens with zero attached hydrogens (tertiary/aromatic N) is 7. The normalized spacial score (nSPS) is 13.0. The summed E-state index contributed by atoms with van der Waals surface area (Å²) in [5.74, 6) is 0.830. The van der Waals surface area contributed by atoms with Crippen molar-refractivity contribution in [3.63, 3.8) is 0 Å². The summed E-state index contributed by atoms with van der Waals surface area (Å²) in [6.07, 6.45) is 4.09. The van der Waals surface area contributed by atoms with Crippen LogP contribution in [0.2, 0.25) is 5.15 Å². The Hall–Kier alpha value is -3.90.